The van der Waals surface area contributed by atoms with Crippen LogP contribution in [0.4, 0.5) is 4.79 Å². The second-order valence-electron chi connectivity index (χ2n) is 6.22. The van der Waals surface area contributed by atoms with Gasteiger partial charge in [-0.15, -0.1) is 0 Å². The van der Waals surface area contributed by atoms with E-state index in [0.717, 1.165) is 5.56 Å². The molecule has 4 nitrogen and oxygen atoms in total. The van der Waals surface area contributed by atoms with Crippen molar-refractivity contribution >= 4 is 12.0 Å². The first-order chi connectivity index (χ1) is 11.0. The fourth-order valence-electron chi connectivity index (χ4n) is 2.90. The summed E-state index contributed by atoms with van der Waals surface area (Å²) in [6, 6.07) is 18.3. The van der Waals surface area contributed by atoms with Crippen molar-refractivity contribution in [2.24, 2.45) is 0 Å². The van der Waals surface area contributed by atoms with Crippen LogP contribution < -0.4 is 0 Å². The van der Waals surface area contributed by atoms with Crippen LogP contribution in [-0.2, 0) is 11.2 Å². The zero-order chi connectivity index (χ0) is 16.4. The third kappa shape index (κ3) is 2.97. The van der Waals surface area contributed by atoms with E-state index in [-0.39, 0.29) is 11.9 Å². The van der Waals surface area contributed by atoms with Crippen molar-refractivity contribution in [2.45, 2.75) is 31.9 Å². The Morgan fingerprint density at radius 3 is 2.22 bits per heavy atom. The Bertz CT molecular complexity index is 710. The molecule has 2 aromatic rings. The van der Waals surface area contributed by atoms with Gasteiger partial charge in [-0.2, -0.15) is 0 Å². The van der Waals surface area contributed by atoms with Gasteiger partial charge in [-0.05, 0) is 38.0 Å². The van der Waals surface area contributed by atoms with Gasteiger partial charge < -0.3 is 4.74 Å². The Morgan fingerprint density at radius 2 is 1.61 bits per heavy atom. The molecule has 0 spiro atoms. The number of ether oxygens (including phenoxy) is 1. The lowest BCUT2D eigenvalue weighted by atomic mass is 9.92. The van der Waals surface area contributed by atoms with Crippen molar-refractivity contribution in [1.29, 1.82) is 0 Å². The van der Waals surface area contributed by atoms with Crippen molar-refractivity contribution in [3.63, 3.8) is 0 Å². The Hall–Kier alpha value is -2.62. The maximum absolute atomic E-state index is 12.8. The van der Waals surface area contributed by atoms with Crippen molar-refractivity contribution < 1.29 is 14.3 Å². The minimum Gasteiger partial charge on any atom is -0.441 e. The first-order valence-electron chi connectivity index (χ1n) is 7.64. The number of rotatable bonds is 3. The Morgan fingerprint density at radius 1 is 1.04 bits per heavy atom. The molecule has 0 saturated carbocycles. The summed E-state index contributed by atoms with van der Waals surface area (Å²) >= 11 is 0. The SMILES string of the molecule is CC1(C)OC(=O)N(C(=O)c2ccccc2)C1Cc1ccccc1. The van der Waals surface area contributed by atoms with Gasteiger partial charge in [-0.1, -0.05) is 48.5 Å². The summed E-state index contributed by atoms with van der Waals surface area (Å²) in [5, 5.41) is 0. The minimum absolute atomic E-state index is 0.317. The van der Waals surface area contributed by atoms with E-state index in [9.17, 15) is 9.59 Å². The first-order valence-corrected chi connectivity index (χ1v) is 7.64. The number of nitrogens with zero attached hydrogens (tertiary/aromatic N) is 1. The van der Waals surface area contributed by atoms with Crippen LogP contribution in [0.25, 0.3) is 0 Å². The zero-order valence-electron chi connectivity index (χ0n) is 13.2. The molecule has 4 heteroatoms. The van der Waals surface area contributed by atoms with E-state index >= 15 is 0 Å². The van der Waals surface area contributed by atoms with Crippen LogP contribution in [-0.4, -0.2) is 28.5 Å². The maximum Gasteiger partial charge on any atom is 0.417 e. The van der Waals surface area contributed by atoms with Gasteiger partial charge in [0.15, 0.2) is 0 Å². The van der Waals surface area contributed by atoms with E-state index in [1.165, 1.54) is 4.90 Å². The highest BCUT2D eigenvalue weighted by Gasteiger charge is 2.50. The first kappa shape index (κ1) is 15.3. The molecule has 0 aliphatic carbocycles. The van der Waals surface area contributed by atoms with Gasteiger partial charge in [0.2, 0.25) is 0 Å². The molecule has 2 amide bonds. The van der Waals surface area contributed by atoms with Crippen molar-refractivity contribution in [3.05, 3.63) is 71.8 Å². The minimum atomic E-state index is -0.725. The van der Waals surface area contributed by atoms with E-state index in [4.69, 9.17) is 4.74 Å². The molecule has 1 aliphatic rings. The van der Waals surface area contributed by atoms with Gasteiger partial charge in [0.05, 0.1) is 6.04 Å². The highest BCUT2D eigenvalue weighted by Crippen LogP contribution is 2.33. The number of imide groups is 1. The monoisotopic (exact) mass is 309 g/mol. The molecule has 118 valence electrons. The standard InChI is InChI=1S/C19H19NO3/c1-19(2)16(13-14-9-5-3-6-10-14)20(18(22)23-19)17(21)15-11-7-4-8-12-15/h3-12,16H,13H2,1-2H3. The number of hydrogen-bond donors (Lipinski definition) is 0. The lowest BCUT2D eigenvalue weighted by Crippen LogP contribution is -2.46. The third-order valence-electron chi connectivity index (χ3n) is 4.17. The molecule has 0 N–H and O–H groups in total. The van der Waals surface area contributed by atoms with Crippen molar-refractivity contribution in [1.82, 2.24) is 4.90 Å². The van der Waals surface area contributed by atoms with Crippen molar-refractivity contribution in [2.75, 3.05) is 0 Å². The predicted molar refractivity (Wildman–Crippen MR) is 87.1 cm³/mol. The molecule has 0 radical (unpaired) electrons. The van der Waals surface area contributed by atoms with Gasteiger partial charge in [-0.25, -0.2) is 9.69 Å². The molecule has 1 heterocycles. The van der Waals surface area contributed by atoms with Crippen LogP contribution in [0, 0.1) is 0 Å². The van der Waals surface area contributed by atoms with Crippen LogP contribution in [0.1, 0.15) is 29.8 Å². The van der Waals surface area contributed by atoms with Gasteiger partial charge in [0, 0.05) is 5.56 Å². The zero-order valence-corrected chi connectivity index (χ0v) is 13.2. The summed E-state index contributed by atoms with van der Waals surface area (Å²) in [5.74, 6) is -0.317. The normalized spacial score (nSPS) is 19.5. The van der Waals surface area contributed by atoms with Gasteiger partial charge in [0.1, 0.15) is 5.60 Å². The van der Waals surface area contributed by atoms with Crippen LogP contribution in [0.15, 0.2) is 60.7 Å². The summed E-state index contributed by atoms with van der Waals surface area (Å²) in [6.45, 7) is 3.69. The molecular weight excluding hydrogens is 290 g/mol. The van der Waals surface area contributed by atoms with Crippen LogP contribution >= 0.6 is 0 Å². The fourth-order valence-corrected chi connectivity index (χ4v) is 2.90. The van der Waals surface area contributed by atoms with Gasteiger partial charge in [-0.3, -0.25) is 4.79 Å². The number of carbonyl (C=O) groups excluding carboxylic acids is 2. The number of amides is 2. The largest absolute Gasteiger partial charge is 0.441 e. The topological polar surface area (TPSA) is 46.6 Å². The number of cyclic esters (lactones) is 1. The smallest absolute Gasteiger partial charge is 0.417 e. The highest BCUT2D eigenvalue weighted by molar-refractivity contribution is 6.04. The highest BCUT2D eigenvalue weighted by atomic mass is 16.6. The Kier molecular flexibility index (Phi) is 3.90. The average Bonchev–Trinajstić information content (AvgIpc) is 2.77. The van der Waals surface area contributed by atoms with Gasteiger partial charge >= 0.3 is 6.09 Å². The summed E-state index contributed by atoms with van der Waals surface area (Å²) < 4.78 is 5.45. The molecular formula is C19H19NO3. The lowest BCUT2D eigenvalue weighted by molar-refractivity contribution is 0.0651. The molecule has 1 atom stereocenters. The number of benzene rings is 2. The van der Waals surface area contributed by atoms with E-state index < -0.39 is 11.7 Å². The predicted octanol–water partition coefficient (Wildman–Crippen LogP) is 3.67. The Labute approximate surface area is 135 Å². The molecule has 1 fully saturated rings. The summed E-state index contributed by atoms with van der Waals surface area (Å²) in [5.41, 5.74) is 0.826. The van der Waals surface area contributed by atoms with E-state index in [0.29, 0.717) is 12.0 Å². The van der Waals surface area contributed by atoms with Crippen molar-refractivity contribution in [3.8, 4) is 0 Å². The quantitative estimate of drug-likeness (QED) is 0.869. The molecule has 3 rings (SSSR count). The van der Waals surface area contributed by atoms with E-state index in [1.54, 1.807) is 24.3 Å². The molecule has 1 aliphatic heterocycles. The number of hydrogen-bond acceptors (Lipinski definition) is 3. The second-order valence-corrected chi connectivity index (χ2v) is 6.22. The summed E-state index contributed by atoms with van der Waals surface area (Å²) in [4.78, 5) is 26.3. The molecule has 1 saturated heterocycles. The van der Waals surface area contributed by atoms with Crippen LogP contribution in [0.2, 0.25) is 0 Å². The molecule has 1 unspecified atom stereocenters. The van der Waals surface area contributed by atoms with E-state index in [2.05, 4.69) is 0 Å². The maximum atomic E-state index is 12.8. The van der Waals surface area contributed by atoms with Crippen LogP contribution in [0.3, 0.4) is 0 Å². The molecule has 0 aromatic heterocycles. The molecule has 23 heavy (non-hydrogen) atoms. The summed E-state index contributed by atoms with van der Waals surface area (Å²) in [6.07, 6.45) is -0.0113. The average molecular weight is 309 g/mol. The second kappa shape index (κ2) is 5.88. The van der Waals surface area contributed by atoms with Gasteiger partial charge in [0.25, 0.3) is 5.91 Å². The third-order valence-corrected chi connectivity index (χ3v) is 4.17. The fraction of sp³-hybridized carbons (Fsp3) is 0.263. The van der Waals surface area contributed by atoms with E-state index in [1.807, 2.05) is 50.2 Å². The lowest BCUT2D eigenvalue weighted by Gasteiger charge is -2.28. The number of carbonyl (C=O) groups is 2. The summed E-state index contributed by atoms with van der Waals surface area (Å²) in [7, 11) is 0. The Balaban J connectivity index is 1.93. The molecule has 0 bridgehead atoms. The molecule has 2 aromatic carbocycles. The van der Waals surface area contributed by atoms with Crippen LogP contribution in [0.5, 0.6) is 0 Å².